The highest BCUT2D eigenvalue weighted by Gasteiger charge is 2.08. The molecular formula is C16H19NO. The third-order valence-electron chi connectivity index (χ3n) is 3.13. The van der Waals surface area contributed by atoms with Gasteiger partial charge in [0, 0.05) is 11.3 Å². The smallest absolute Gasteiger partial charge is 0.126 e. The van der Waals surface area contributed by atoms with Gasteiger partial charge in [0.05, 0.1) is 7.11 Å². The molecule has 94 valence electrons. The van der Waals surface area contributed by atoms with Gasteiger partial charge in [0.1, 0.15) is 5.75 Å². The van der Waals surface area contributed by atoms with Gasteiger partial charge in [0.25, 0.3) is 0 Å². The van der Waals surface area contributed by atoms with Gasteiger partial charge in [0.2, 0.25) is 0 Å². The van der Waals surface area contributed by atoms with Crippen molar-refractivity contribution in [2.24, 2.45) is 0 Å². The summed E-state index contributed by atoms with van der Waals surface area (Å²) < 4.78 is 5.38. The van der Waals surface area contributed by atoms with Gasteiger partial charge in [-0.15, -0.1) is 0 Å². The number of nitrogen functional groups attached to an aromatic ring is 1. The summed E-state index contributed by atoms with van der Waals surface area (Å²) >= 11 is 0. The lowest BCUT2D eigenvalue weighted by Gasteiger charge is -2.13. The molecule has 2 aromatic carbocycles. The Kier molecular flexibility index (Phi) is 3.56. The molecule has 0 saturated heterocycles. The maximum atomic E-state index is 6.11. The van der Waals surface area contributed by atoms with Crippen molar-refractivity contribution in [1.29, 1.82) is 0 Å². The second kappa shape index (κ2) is 5.13. The highest BCUT2D eigenvalue weighted by atomic mass is 16.5. The molecule has 0 unspecified atom stereocenters. The predicted octanol–water partition coefficient (Wildman–Crippen LogP) is 4.07. The van der Waals surface area contributed by atoms with Crippen molar-refractivity contribution in [3.8, 4) is 16.9 Å². The monoisotopic (exact) mass is 241 g/mol. The fourth-order valence-electron chi connectivity index (χ4n) is 2.15. The number of benzene rings is 2. The van der Waals surface area contributed by atoms with Gasteiger partial charge >= 0.3 is 0 Å². The molecule has 2 nitrogen and oxygen atoms in total. The Morgan fingerprint density at radius 3 is 2.39 bits per heavy atom. The van der Waals surface area contributed by atoms with E-state index in [1.807, 2.05) is 30.3 Å². The van der Waals surface area contributed by atoms with E-state index in [4.69, 9.17) is 10.5 Å². The molecule has 0 amide bonds. The van der Waals surface area contributed by atoms with Crippen LogP contribution in [0.15, 0.2) is 42.5 Å². The van der Waals surface area contributed by atoms with Crippen LogP contribution in [-0.2, 0) is 0 Å². The van der Waals surface area contributed by atoms with Crippen molar-refractivity contribution in [3.63, 3.8) is 0 Å². The number of rotatable bonds is 3. The third-order valence-corrected chi connectivity index (χ3v) is 3.13. The summed E-state index contributed by atoms with van der Waals surface area (Å²) in [4.78, 5) is 0. The third kappa shape index (κ3) is 2.33. The van der Waals surface area contributed by atoms with Gasteiger partial charge in [-0.3, -0.25) is 0 Å². The van der Waals surface area contributed by atoms with Crippen LogP contribution in [0.5, 0.6) is 5.75 Å². The first-order valence-electron chi connectivity index (χ1n) is 6.16. The van der Waals surface area contributed by atoms with E-state index < -0.39 is 0 Å². The van der Waals surface area contributed by atoms with E-state index in [0.29, 0.717) is 5.92 Å². The van der Waals surface area contributed by atoms with Crippen LogP contribution in [0, 0.1) is 0 Å². The van der Waals surface area contributed by atoms with Gasteiger partial charge < -0.3 is 10.5 Å². The molecule has 0 aliphatic rings. The minimum atomic E-state index is 0.441. The van der Waals surface area contributed by atoms with Crippen LogP contribution in [0.3, 0.4) is 0 Å². The van der Waals surface area contributed by atoms with Crippen LogP contribution in [0.2, 0.25) is 0 Å². The first-order chi connectivity index (χ1) is 8.63. The number of hydrogen-bond donors (Lipinski definition) is 1. The van der Waals surface area contributed by atoms with Gasteiger partial charge in [-0.1, -0.05) is 44.2 Å². The summed E-state index contributed by atoms with van der Waals surface area (Å²) in [5.74, 6) is 1.31. The Bertz CT molecular complexity index is 547. The van der Waals surface area contributed by atoms with Crippen LogP contribution in [0.4, 0.5) is 5.69 Å². The summed E-state index contributed by atoms with van der Waals surface area (Å²) in [6.07, 6.45) is 0. The molecule has 0 radical (unpaired) electrons. The first kappa shape index (κ1) is 12.5. The normalized spacial score (nSPS) is 10.7. The summed E-state index contributed by atoms with van der Waals surface area (Å²) in [7, 11) is 1.69. The molecule has 0 spiro atoms. The zero-order valence-corrected chi connectivity index (χ0v) is 11.1. The Morgan fingerprint density at radius 1 is 1.06 bits per heavy atom. The molecule has 0 bridgehead atoms. The second-order valence-corrected chi connectivity index (χ2v) is 4.70. The topological polar surface area (TPSA) is 35.2 Å². The van der Waals surface area contributed by atoms with Crippen LogP contribution in [0.1, 0.15) is 25.3 Å². The van der Waals surface area contributed by atoms with Crippen LogP contribution >= 0.6 is 0 Å². The molecule has 0 aliphatic heterocycles. The van der Waals surface area contributed by atoms with E-state index in [-0.39, 0.29) is 0 Å². The van der Waals surface area contributed by atoms with Crippen molar-refractivity contribution in [3.05, 3.63) is 48.0 Å². The Morgan fingerprint density at radius 2 is 1.78 bits per heavy atom. The molecule has 0 heterocycles. The number of hydrogen-bond acceptors (Lipinski definition) is 2. The van der Waals surface area contributed by atoms with Crippen molar-refractivity contribution < 1.29 is 4.74 Å². The number of ether oxygens (including phenoxy) is 1. The largest absolute Gasteiger partial charge is 0.496 e. The van der Waals surface area contributed by atoms with Crippen molar-refractivity contribution in [1.82, 2.24) is 0 Å². The van der Waals surface area contributed by atoms with Gasteiger partial charge in [-0.05, 0) is 29.2 Å². The zero-order chi connectivity index (χ0) is 13.1. The Labute approximate surface area is 108 Å². The summed E-state index contributed by atoms with van der Waals surface area (Å²) in [6, 6.07) is 14.2. The molecule has 2 heteroatoms. The molecular weight excluding hydrogens is 222 g/mol. The van der Waals surface area contributed by atoms with Gasteiger partial charge in [0.15, 0.2) is 0 Å². The van der Waals surface area contributed by atoms with Gasteiger partial charge in [-0.25, -0.2) is 0 Å². The fourth-order valence-corrected chi connectivity index (χ4v) is 2.15. The minimum Gasteiger partial charge on any atom is -0.496 e. The maximum Gasteiger partial charge on any atom is 0.126 e. The molecule has 2 rings (SSSR count). The molecule has 0 aromatic heterocycles. The lowest BCUT2D eigenvalue weighted by molar-refractivity contribution is 0.416. The molecule has 0 saturated carbocycles. The van der Waals surface area contributed by atoms with Crippen LogP contribution < -0.4 is 10.5 Å². The van der Waals surface area contributed by atoms with E-state index in [1.165, 1.54) is 5.56 Å². The first-order valence-corrected chi connectivity index (χ1v) is 6.16. The highest BCUT2D eigenvalue weighted by molar-refractivity contribution is 5.74. The van der Waals surface area contributed by atoms with E-state index in [1.54, 1.807) is 7.11 Å². The van der Waals surface area contributed by atoms with Crippen molar-refractivity contribution in [2.75, 3.05) is 12.8 Å². The minimum absolute atomic E-state index is 0.441. The average molecular weight is 241 g/mol. The molecule has 0 atom stereocenters. The summed E-state index contributed by atoms with van der Waals surface area (Å²) in [6.45, 7) is 4.29. The van der Waals surface area contributed by atoms with Crippen molar-refractivity contribution >= 4 is 5.69 Å². The lowest BCUT2D eigenvalue weighted by Crippen LogP contribution is -1.97. The van der Waals surface area contributed by atoms with Crippen molar-refractivity contribution in [2.45, 2.75) is 19.8 Å². The number of nitrogens with two attached hydrogens (primary N) is 1. The van der Waals surface area contributed by atoms with Gasteiger partial charge in [-0.2, -0.15) is 0 Å². The number of methoxy groups -OCH3 is 1. The van der Waals surface area contributed by atoms with Crippen LogP contribution in [-0.4, -0.2) is 7.11 Å². The molecule has 18 heavy (non-hydrogen) atoms. The summed E-state index contributed by atoms with van der Waals surface area (Å²) in [5.41, 5.74) is 10.3. The highest BCUT2D eigenvalue weighted by Crippen LogP contribution is 2.33. The van der Waals surface area contributed by atoms with E-state index >= 15 is 0 Å². The zero-order valence-electron chi connectivity index (χ0n) is 11.1. The average Bonchev–Trinajstić information content (AvgIpc) is 2.38. The van der Waals surface area contributed by atoms with E-state index in [9.17, 15) is 0 Å². The molecule has 0 aliphatic carbocycles. The Hall–Kier alpha value is -1.96. The molecule has 2 aromatic rings. The predicted molar refractivity (Wildman–Crippen MR) is 76.9 cm³/mol. The SMILES string of the molecule is COc1ccccc1-c1ccc(C(C)C)c(N)c1. The van der Waals surface area contributed by atoms with E-state index in [2.05, 4.69) is 26.0 Å². The summed E-state index contributed by atoms with van der Waals surface area (Å²) in [5, 5.41) is 0. The number of anilines is 1. The maximum absolute atomic E-state index is 6.11. The standard InChI is InChI=1S/C16H19NO/c1-11(2)13-9-8-12(10-15(13)17)14-6-4-5-7-16(14)18-3/h4-11H,17H2,1-3H3. The van der Waals surface area contributed by atoms with E-state index in [0.717, 1.165) is 22.6 Å². The fraction of sp³-hybridized carbons (Fsp3) is 0.250. The molecule has 2 N–H and O–H groups in total. The number of para-hydroxylation sites is 1. The second-order valence-electron chi connectivity index (χ2n) is 4.70. The van der Waals surface area contributed by atoms with Crippen LogP contribution in [0.25, 0.3) is 11.1 Å². The quantitative estimate of drug-likeness (QED) is 0.822. The molecule has 0 fully saturated rings. The Balaban J connectivity index is 2.49. The lowest BCUT2D eigenvalue weighted by atomic mass is 9.96.